The van der Waals surface area contributed by atoms with Crippen LogP contribution in [0.4, 0.5) is 13.2 Å². The van der Waals surface area contributed by atoms with Crippen molar-refractivity contribution in [3.05, 3.63) is 174 Å². The van der Waals surface area contributed by atoms with Crippen LogP contribution in [0.1, 0.15) is 308 Å². The van der Waals surface area contributed by atoms with Crippen molar-refractivity contribution in [2.24, 2.45) is 0 Å². The first-order valence-corrected chi connectivity index (χ1v) is 39.1. The zero-order chi connectivity index (χ0) is 83.0. The Labute approximate surface area is 657 Å². The van der Waals surface area contributed by atoms with E-state index in [-0.39, 0.29) is 153 Å². The van der Waals surface area contributed by atoms with E-state index in [0.717, 1.165) is 27.8 Å². The van der Waals surface area contributed by atoms with Crippen molar-refractivity contribution < 1.29 is 85.1 Å². The summed E-state index contributed by atoms with van der Waals surface area (Å²) < 4.78 is 43.0. The maximum atomic E-state index is 14.3. The van der Waals surface area contributed by atoms with Crippen LogP contribution in [0.2, 0.25) is 0 Å². The number of hydrogen-bond acceptors (Lipinski definition) is 15. The molecule has 0 saturated heterocycles. The van der Waals surface area contributed by atoms with Crippen molar-refractivity contribution >= 4 is 87.4 Å². The van der Waals surface area contributed by atoms with Crippen molar-refractivity contribution in [1.29, 1.82) is 0 Å². The van der Waals surface area contributed by atoms with E-state index in [1.807, 2.05) is 86.6 Å². The smallest absolute Gasteiger partial charge is 0.255 e. The van der Waals surface area contributed by atoms with Gasteiger partial charge in [0.25, 0.3) is 29.5 Å². The highest BCUT2D eigenvalue weighted by Crippen LogP contribution is 2.41. The molecule has 5 saturated carbocycles. The molecule has 23 heteroatoms. The van der Waals surface area contributed by atoms with Gasteiger partial charge in [0.1, 0.15) is 46.4 Å². The van der Waals surface area contributed by atoms with Gasteiger partial charge in [-0.25, -0.2) is 13.2 Å². The SMILES string of the molecule is CC(C)(C)c1cc2c(cc1F)C(=O)N(C1CCC(=O)CC1=O)C2.CC(C)(C)c1cc2c(cc1F)C(=O)N([C@H]1CCC(=O)CC1=O)C2.CC(C)(C)c1cc2c(cc1F)CN(C1CCC(=O)CC1=O)C2=O.CC(C)(C)c1ccc2c(c1)C(=O)N(C1CCC(=O)CC1=O)C2.CC(C)(C)c1ccc2c(c1)CN([C@H]1CCC(=O)CC1=O)C2=O. The van der Waals surface area contributed by atoms with Gasteiger partial charge in [-0.1, -0.05) is 128 Å². The van der Waals surface area contributed by atoms with Gasteiger partial charge >= 0.3 is 0 Å². The second kappa shape index (κ2) is 31.7. The fourth-order valence-electron chi connectivity index (χ4n) is 16.6. The Bertz CT molecular complexity index is 4690. The van der Waals surface area contributed by atoms with Crippen molar-refractivity contribution in [2.45, 2.75) is 290 Å². The molecule has 0 bridgehead atoms. The molecule has 10 aliphatic rings. The van der Waals surface area contributed by atoms with Crippen LogP contribution >= 0.6 is 0 Å². The van der Waals surface area contributed by atoms with Gasteiger partial charge in [0.05, 0.1) is 62.3 Å². The number of hydrogen-bond donors (Lipinski definition) is 0. The van der Waals surface area contributed by atoms with Crippen molar-refractivity contribution in [3.8, 4) is 0 Å². The summed E-state index contributed by atoms with van der Waals surface area (Å²) >= 11 is 0. The highest BCUT2D eigenvalue weighted by Gasteiger charge is 2.46. The number of halogens is 3. The van der Waals surface area contributed by atoms with E-state index >= 15 is 0 Å². The van der Waals surface area contributed by atoms with Crippen molar-refractivity contribution in [1.82, 2.24) is 24.5 Å². The fourth-order valence-corrected chi connectivity index (χ4v) is 16.6. The Morgan fingerprint density at radius 1 is 0.257 bits per heavy atom. The number of amides is 5. The second-order valence-electron chi connectivity index (χ2n) is 36.8. The number of carbonyl (C=O) groups excluding carboxylic acids is 15. The lowest BCUT2D eigenvalue weighted by molar-refractivity contribution is -0.134. The van der Waals surface area contributed by atoms with Gasteiger partial charge in [0.15, 0.2) is 28.9 Å². The van der Waals surface area contributed by atoms with E-state index in [4.69, 9.17) is 0 Å². The summed E-state index contributed by atoms with van der Waals surface area (Å²) in [7, 11) is 0. The predicted octanol–water partition coefficient (Wildman–Crippen LogP) is 13.6. The molecule has 5 atom stereocenters. The van der Waals surface area contributed by atoms with Crippen LogP contribution in [0, 0.1) is 17.5 Å². The normalized spacial score (nSPS) is 22.0. The minimum Gasteiger partial charge on any atom is -0.324 e. The number of rotatable bonds is 5. The number of nitrogens with zero attached hydrogens (tertiary/aromatic N) is 5. The molecule has 3 unspecified atom stereocenters. The van der Waals surface area contributed by atoms with E-state index in [0.29, 0.717) is 140 Å². The first-order chi connectivity index (χ1) is 52.6. The lowest BCUT2D eigenvalue weighted by Crippen LogP contribution is -2.44. The molecule has 5 aromatic carbocycles. The summed E-state index contributed by atoms with van der Waals surface area (Å²) in [5.41, 5.74) is 9.45. The third-order valence-corrected chi connectivity index (χ3v) is 23.2. The molecule has 5 aliphatic heterocycles. The Morgan fingerprint density at radius 3 is 0.796 bits per heavy atom. The Kier molecular flexibility index (Phi) is 23.5. The van der Waals surface area contributed by atoms with E-state index in [2.05, 4.69) is 53.7 Å². The fraction of sp³-hybridized carbons (Fsp3) is 0.500. The van der Waals surface area contributed by atoms with E-state index in [1.165, 1.54) is 38.5 Å². The minimum atomic E-state index is -0.561. The highest BCUT2D eigenvalue weighted by molar-refractivity contribution is 6.12. The van der Waals surface area contributed by atoms with Crippen LogP contribution < -0.4 is 0 Å². The van der Waals surface area contributed by atoms with Crippen LogP contribution in [0.25, 0.3) is 0 Å². The van der Waals surface area contributed by atoms with E-state index in [1.54, 1.807) is 28.0 Å². The molecular weight excluding hydrogens is 1450 g/mol. The minimum absolute atomic E-state index is 0.0135. The van der Waals surface area contributed by atoms with Gasteiger partial charge in [-0.15, -0.1) is 0 Å². The number of Topliss-reactive ketones (excluding diaryl/α,β-unsaturated/α-hetero) is 10. The number of ketones is 10. The summed E-state index contributed by atoms with van der Waals surface area (Å²) in [6, 6.07) is 18.5. The van der Waals surface area contributed by atoms with Crippen LogP contribution in [0.3, 0.4) is 0 Å². The maximum absolute atomic E-state index is 14.3. The average molecular weight is 1550 g/mol. The highest BCUT2D eigenvalue weighted by atomic mass is 19.1. The van der Waals surface area contributed by atoms with Gasteiger partial charge in [0.2, 0.25) is 0 Å². The van der Waals surface area contributed by atoms with Crippen LogP contribution in [0.15, 0.2) is 72.8 Å². The Balaban J connectivity index is 0.000000139. The molecule has 0 N–H and O–H groups in total. The van der Waals surface area contributed by atoms with E-state index in [9.17, 15) is 85.1 Å². The molecule has 20 nitrogen and oxygen atoms in total. The molecule has 0 spiro atoms. The van der Waals surface area contributed by atoms with Crippen LogP contribution in [-0.2, 0) is 108 Å². The molecule has 5 aliphatic carbocycles. The molecule has 15 rings (SSSR count). The number of benzene rings is 5. The summed E-state index contributed by atoms with van der Waals surface area (Å²) in [5, 5.41) is 0. The molecule has 0 radical (unpaired) electrons. The van der Waals surface area contributed by atoms with Gasteiger partial charge in [0, 0.05) is 92.6 Å². The lowest BCUT2D eigenvalue weighted by Gasteiger charge is -2.29. The van der Waals surface area contributed by atoms with Gasteiger partial charge in [-0.2, -0.15) is 0 Å². The third-order valence-electron chi connectivity index (χ3n) is 23.2. The van der Waals surface area contributed by atoms with E-state index < -0.39 is 47.3 Å². The maximum Gasteiger partial charge on any atom is 0.255 e. The van der Waals surface area contributed by atoms with Crippen LogP contribution in [-0.4, -0.2) is 142 Å². The first-order valence-electron chi connectivity index (χ1n) is 39.1. The number of carbonyl (C=O) groups is 15. The molecular formula is C90H102F3N5O15. The summed E-state index contributed by atoms with van der Waals surface area (Å²) in [6.07, 6.45) is 3.39. The zero-order valence-corrected chi connectivity index (χ0v) is 67.5. The average Bonchev–Trinajstić information content (AvgIpc) is 1.63. The van der Waals surface area contributed by atoms with Gasteiger partial charge in [-0.3, -0.25) is 71.9 Å². The molecule has 5 aromatic rings. The quantitative estimate of drug-likeness (QED) is 0.148. The standard InChI is InChI=1S/3C18H20FNO3.2C18H21NO3/c1-18(2,3)13-8-12-10(6-14(13)19)9-20(17(12)23)15-5-4-11(21)7-16(15)22;2*1-18(2,3)13-6-10-9-20(17(23)12(10)8-14(13)19)15-5-4-11(21)7-16(15)22;1-18(2,3)12-4-6-14-11(8-12)10-19(17(14)22)15-7-5-13(20)9-16(15)21;1-18(2,3)12-5-4-11-10-19(17(22)14(11)8-12)15-7-6-13(20)9-16(15)21/h3*6,8,15H,4-5,7,9H2,1-3H3;4,6,8,15H,5,7,9-10H2,1-3H3;4-5,8,15H,6-7,9-10H2,1-3H3/t;15-;;15-;/m.0.0./s1. The second-order valence-corrected chi connectivity index (χ2v) is 36.8. The zero-order valence-electron chi connectivity index (χ0n) is 67.5. The molecule has 5 heterocycles. The molecule has 5 amide bonds. The topological polar surface area (TPSA) is 272 Å². The largest absolute Gasteiger partial charge is 0.324 e. The van der Waals surface area contributed by atoms with Crippen LogP contribution in [0.5, 0.6) is 0 Å². The summed E-state index contributed by atoms with van der Waals surface area (Å²) in [6.45, 7) is 31.8. The molecule has 0 aromatic heterocycles. The Morgan fingerprint density at radius 2 is 0.496 bits per heavy atom. The molecule has 598 valence electrons. The molecule has 5 fully saturated rings. The summed E-state index contributed by atoms with van der Waals surface area (Å²) in [5.74, 6) is -3.23. The monoisotopic (exact) mass is 1550 g/mol. The van der Waals surface area contributed by atoms with Crippen molar-refractivity contribution in [3.63, 3.8) is 0 Å². The van der Waals surface area contributed by atoms with Gasteiger partial charge in [-0.05, 0) is 163 Å². The first kappa shape index (κ1) is 83.9. The Hall–Kier alpha value is -10.1. The van der Waals surface area contributed by atoms with Gasteiger partial charge < -0.3 is 24.5 Å². The third kappa shape index (κ3) is 17.8. The number of fused-ring (bicyclic) bond motifs is 5. The summed E-state index contributed by atoms with van der Waals surface area (Å²) in [4.78, 5) is 188. The van der Waals surface area contributed by atoms with Crippen molar-refractivity contribution in [2.75, 3.05) is 0 Å². The molecule has 113 heavy (non-hydrogen) atoms. The predicted molar refractivity (Wildman–Crippen MR) is 413 cm³/mol. The lowest BCUT2D eigenvalue weighted by atomic mass is 9.85.